The lowest BCUT2D eigenvalue weighted by atomic mass is 9.86. The van der Waals surface area contributed by atoms with E-state index in [-0.39, 0.29) is 11.5 Å². The first kappa shape index (κ1) is 23.6. The Bertz CT molecular complexity index is 778. The zero-order chi connectivity index (χ0) is 21.9. The van der Waals surface area contributed by atoms with Crippen LogP contribution in [0.3, 0.4) is 0 Å². The molecule has 2 aromatic rings. The second-order valence-electron chi connectivity index (χ2n) is 8.90. The molecule has 1 aliphatic rings. The van der Waals surface area contributed by atoms with Crippen LogP contribution in [0.5, 0.6) is 11.5 Å². The fourth-order valence-electron chi connectivity index (χ4n) is 4.80. The van der Waals surface area contributed by atoms with Gasteiger partial charge in [-0.15, -0.1) is 0 Å². The highest BCUT2D eigenvalue weighted by Gasteiger charge is 2.26. The number of phenols is 2. The smallest absolute Gasteiger partial charge is 0.160 e. The van der Waals surface area contributed by atoms with Gasteiger partial charge in [0.1, 0.15) is 0 Å². The number of fused-ring (bicyclic) bond motifs is 1. The lowest BCUT2D eigenvalue weighted by molar-refractivity contribution is 0.175. The fraction of sp³-hybridized carbons (Fsp3) is 0.556. The Morgan fingerprint density at radius 3 is 2.55 bits per heavy atom. The summed E-state index contributed by atoms with van der Waals surface area (Å²) in [5.74, 6) is 0.104. The van der Waals surface area contributed by atoms with Crippen molar-refractivity contribution in [1.82, 2.24) is 10.2 Å². The molecule has 0 radical (unpaired) electrons. The lowest BCUT2D eigenvalue weighted by Gasteiger charge is -2.35. The van der Waals surface area contributed by atoms with Gasteiger partial charge in [-0.3, -0.25) is 0 Å². The monoisotopic (exact) mass is 424 g/mol. The van der Waals surface area contributed by atoms with Crippen LogP contribution in [0, 0.1) is 0 Å². The number of nitrogens with zero attached hydrogens (tertiary/aromatic N) is 1. The zero-order valence-electron chi connectivity index (χ0n) is 19.2. The molecule has 1 atom stereocenters. The van der Waals surface area contributed by atoms with Crippen molar-refractivity contribution in [2.24, 2.45) is 0 Å². The molecule has 0 saturated carbocycles. The Morgan fingerprint density at radius 1 is 0.935 bits per heavy atom. The minimum absolute atomic E-state index is 0.0113. The molecule has 0 fully saturated rings. The summed E-state index contributed by atoms with van der Waals surface area (Å²) >= 11 is 0. The topological polar surface area (TPSA) is 55.7 Å². The van der Waals surface area contributed by atoms with E-state index in [0.717, 1.165) is 50.9 Å². The van der Waals surface area contributed by atoms with Crippen molar-refractivity contribution in [3.05, 3.63) is 59.2 Å². The Labute approximate surface area is 188 Å². The maximum Gasteiger partial charge on any atom is 0.160 e. The quantitative estimate of drug-likeness (QED) is 0.311. The molecule has 0 aliphatic heterocycles. The summed E-state index contributed by atoms with van der Waals surface area (Å²) in [5.41, 5.74) is 3.56. The maximum atomic E-state index is 10.1. The molecule has 170 valence electrons. The summed E-state index contributed by atoms with van der Waals surface area (Å²) in [6.45, 7) is 6.74. The molecule has 0 aromatic heterocycles. The first-order valence-corrected chi connectivity index (χ1v) is 12.2. The summed E-state index contributed by atoms with van der Waals surface area (Å²) in [5, 5.41) is 23.5. The maximum absolute atomic E-state index is 10.1. The summed E-state index contributed by atoms with van der Waals surface area (Å²) in [6.07, 6.45) is 10.3. The minimum Gasteiger partial charge on any atom is -0.504 e. The third-order valence-corrected chi connectivity index (χ3v) is 6.55. The number of hydrogen-bond acceptors (Lipinski definition) is 4. The molecule has 4 nitrogen and oxygen atoms in total. The van der Waals surface area contributed by atoms with Crippen molar-refractivity contribution < 1.29 is 10.2 Å². The van der Waals surface area contributed by atoms with Crippen LogP contribution >= 0.6 is 0 Å². The standard InChI is InChI=1S/C27H40N2O2/c1-2-19-29(24-13-14-25-23(21-24)12-15-26(30)27(25)31)20-9-4-3-8-17-28-18-16-22-10-6-5-7-11-22/h5-7,10-12,15,24,28,30-31H,2-4,8-9,13-14,16-21H2,1H3/t24-/m0/s1. The third kappa shape index (κ3) is 7.26. The van der Waals surface area contributed by atoms with Crippen LogP contribution < -0.4 is 5.32 Å². The third-order valence-electron chi connectivity index (χ3n) is 6.55. The molecule has 1 aliphatic carbocycles. The first-order chi connectivity index (χ1) is 15.2. The molecule has 0 amide bonds. The Hall–Kier alpha value is -2.04. The zero-order valence-corrected chi connectivity index (χ0v) is 19.2. The summed E-state index contributed by atoms with van der Waals surface area (Å²) in [4.78, 5) is 2.66. The van der Waals surface area contributed by atoms with Gasteiger partial charge in [-0.25, -0.2) is 0 Å². The van der Waals surface area contributed by atoms with Gasteiger partial charge in [0.15, 0.2) is 11.5 Å². The van der Waals surface area contributed by atoms with Crippen molar-refractivity contribution in [3.8, 4) is 11.5 Å². The molecule has 0 heterocycles. The predicted octanol–water partition coefficient (Wildman–Crippen LogP) is 5.06. The van der Waals surface area contributed by atoms with Gasteiger partial charge >= 0.3 is 0 Å². The highest BCUT2D eigenvalue weighted by molar-refractivity contribution is 5.50. The van der Waals surface area contributed by atoms with Crippen molar-refractivity contribution in [3.63, 3.8) is 0 Å². The van der Waals surface area contributed by atoms with E-state index in [0.29, 0.717) is 6.04 Å². The van der Waals surface area contributed by atoms with Crippen LogP contribution in [0.15, 0.2) is 42.5 Å². The predicted molar refractivity (Wildman–Crippen MR) is 129 cm³/mol. The van der Waals surface area contributed by atoms with Crippen molar-refractivity contribution in [2.45, 2.75) is 70.8 Å². The van der Waals surface area contributed by atoms with Crippen LogP contribution in [0.25, 0.3) is 0 Å². The SMILES string of the molecule is CCCN(CCCCCCNCCc1ccccc1)[C@H]1CCc2c(ccc(O)c2O)C1. The number of aromatic hydroxyl groups is 2. The molecular weight excluding hydrogens is 384 g/mol. The van der Waals surface area contributed by atoms with E-state index in [2.05, 4.69) is 47.5 Å². The van der Waals surface area contributed by atoms with E-state index < -0.39 is 0 Å². The molecule has 0 unspecified atom stereocenters. The van der Waals surface area contributed by atoms with Gasteiger partial charge in [-0.2, -0.15) is 0 Å². The Morgan fingerprint density at radius 2 is 1.74 bits per heavy atom. The normalized spacial score (nSPS) is 15.9. The van der Waals surface area contributed by atoms with Gasteiger partial charge < -0.3 is 20.4 Å². The molecular formula is C27H40N2O2. The highest BCUT2D eigenvalue weighted by Crippen LogP contribution is 2.36. The van der Waals surface area contributed by atoms with Crippen molar-refractivity contribution >= 4 is 0 Å². The number of unbranched alkanes of at least 4 members (excludes halogenated alkanes) is 3. The molecule has 3 rings (SSSR count). The molecule has 0 bridgehead atoms. The van der Waals surface area contributed by atoms with Crippen molar-refractivity contribution in [2.75, 3.05) is 26.2 Å². The van der Waals surface area contributed by atoms with Crippen LogP contribution in [0.1, 0.15) is 62.1 Å². The van der Waals surface area contributed by atoms with Gasteiger partial charge in [-0.1, -0.05) is 56.2 Å². The number of nitrogens with one attached hydrogen (secondary N) is 1. The van der Waals surface area contributed by atoms with Gasteiger partial charge in [-0.05, 0) is 88.3 Å². The Kier molecular flexibility index (Phi) is 9.70. The largest absolute Gasteiger partial charge is 0.504 e. The second kappa shape index (κ2) is 12.7. The molecule has 3 N–H and O–H groups in total. The van der Waals surface area contributed by atoms with E-state index in [1.54, 1.807) is 6.07 Å². The minimum atomic E-state index is 0.0113. The number of hydrogen-bond donors (Lipinski definition) is 3. The number of benzene rings is 2. The number of rotatable bonds is 13. The van der Waals surface area contributed by atoms with Gasteiger partial charge in [0.25, 0.3) is 0 Å². The van der Waals surface area contributed by atoms with E-state index >= 15 is 0 Å². The summed E-state index contributed by atoms with van der Waals surface area (Å²) in [6, 6.07) is 14.9. The van der Waals surface area contributed by atoms with E-state index in [9.17, 15) is 10.2 Å². The van der Waals surface area contributed by atoms with Crippen LogP contribution in [0.2, 0.25) is 0 Å². The van der Waals surface area contributed by atoms with Crippen LogP contribution in [-0.4, -0.2) is 47.3 Å². The molecule has 4 heteroatoms. The average molecular weight is 425 g/mol. The van der Waals surface area contributed by atoms with Gasteiger partial charge in [0.2, 0.25) is 0 Å². The van der Waals surface area contributed by atoms with Gasteiger partial charge in [0.05, 0.1) is 0 Å². The van der Waals surface area contributed by atoms with Crippen LogP contribution in [-0.2, 0) is 19.3 Å². The second-order valence-corrected chi connectivity index (χ2v) is 8.90. The summed E-state index contributed by atoms with van der Waals surface area (Å²) < 4.78 is 0. The molecule has 0 saturated heterocycles. The average Bonchev–Trinajstić information content (AvgIpc) is 2.80. The number of phenolic OH excluding ortho intramolecular Hbond substituents is 2. The molecule has 31 heavy (non-hydrogen) atoms. The van der Waals surface area contributed by atoms with Gasteiger partial charge in [0, 0.05) is 11.6 Å². The lowest BCUT2D eigenvalue weighted by Crippen LogP contribution is -2.40. The van der Waals surface area contributed by atoms with E-state index in [4.69, 9.17) is 0 Å². The van der Waals surface area contributed by atoms with E-state index in [1.165, 1.54) is 49.8 Å². The summed E-state index contributed by atoms with van der Waals surface area (Å²) in [7, 11) is 0. The first-order valence-electron chi connectivity index (χ1n) is 12.2. The molecule has 2 aromatic carbocycles. The molecule has 0 spiro atoms. The van der Waals surface area contributed by atoms with E-state index in [1.807, 2.05) is 6.07 Å². The highest BCUT2D eigenvalue weighted by atomic mass is 16.3. The Balaban J connectivity index is 1.31. The van der Waals surface area contributed by atoms with Crippen molar-refractivity contribution in [1.29, 1.82) is 0 Å². The fourth-order valence-corrected chi connectivity index (χ4v) is 4.80. The van der Waals surface area contributed by atoms with Crippen LogP contribution in [0.4, 0.5) is 0 Å².